The fourth-order valence-corrected chi connectivity index (χ4v) is 3.15. The van der Waals surface area contributed by atoms with E-state index in [1.54, 1.807) is 11.3 Å². The minimum Gasteiger partial charge on any atom is -0.332 e. The Bertz CT molecular complexity index is 670. The van der Waals surface area contributed by atoms with E-state index < -0.39 is 0 Å². The molecule has 0 fully saturated rings. The van der Waals surface area contributed by atoms with E-state index in [4.69, 9.17) is 0 Å². The van der Waals surface area contributed by atoms with E-state index >= 15 is 0 Å². The van der Waals surface area contributed by atoms with Crippen LogP contribution in [0.1, 0.15) is 18.1 Å². The Labute approximate surface area is 123 Å². The van der Waals surface area contributed by atoms with E-state index in [-0.39, 0.29) is 0 Å². The van der Waals surface area contributed by atoms with Gasteiger partial charge in [-0.2, -0.15) is 11.3 Å². The summed E-state index contributed by atoms with van der Waals surface area (Å²) >= 11 is 1.76. The number of hydrogen-bond acceptors (Lipinski definition) is 3. The van der Waals surface area contributed by atoms with Gasteiger partial charge in [0.2, 0.25) is 0 Å². The van der Waals surface area contributed by atoms with Crippen molar-refractivity contribution in [2.75, 3.05) is 6.54 Å². The summed E-state index contributed by atoms with van der Waals surface area (Å²) in [5, 5.41) is 9.02. The maximum atomic E-state index is 4.55. The summed E-state index contributed by atoms with van der Waals surface area (Å²) in [6, 6.07) is 6.38. The molecule has 0 aromatic carbocycles. The second-order valence-corrected chi connectivity index (χ2v) is 5.66. The van der Waals surface area contributed by atoms with E-state index in [0.29, 0.717) is 0 Å². The van der Waals surface area contributed by atoms with Crippen molar-refractivity contribution in [2.24, 2.45) is 0 Å². The first-order valence-corrected chi connectivity index (χ1v) is 7.97. The number of aryl methyl sites for hydroxylation is 2. The van der Waals surface area contributed by atoms with Crippen molar-refractivity contribution in [1.82, 2.24) is 14.9 Å². The molecule has 0 radical (unpaired) electrons. The SMILES string of the molecule is CCNCc1cn(CCc2ccsc2)c2ncccc12. The smallest absolute Gasteiger partial charge is 0.140 e. The molecule has 4 heteroatoms. The highest BCUT2D eigenvalue weighted by molar-refractivity contribution is 7.07. The quantitative estimate of drug-likeness (QED) is 0.752. The normalized spacial score (nSPS) is 11.2. The molecule has 0 saturated heterocycles. The van der Waals surface area contributed by atoms with Gasteiger partial charge < -0.3 is 9.88 Å². The van der Waals surface area contributed by atoms with Crippen molar-refractivity contribution >= 4 is 22.4 Å². The lowest BCUT2D eigenvalue weighted by molar-refractivity contribution is 0.699. The van der Waals surface area contributed by atoms with Gasteiger partial charge in [-0.3, -0.25) is 0 Å². The van der Waals surface area contributed by atoms with Crippen LogP contribution < -0.4 is 5.32 Å². The molecule has 3 heterocycles. The van der Waals surface area contributed by atoms with Crippen LogP contribution in [0.15, 0.2) is 41.4 Å². The van der Waals surface area contributed by atoms with Gasteiger partial charge in [0.25, 0.3) is 0 Å². The third kappa shape index (κ3) is 2.76. The molecule has 0 aliphatic heterocycles. The van der Waals surface area contributed by atoms with Crippen molar-refractivity contribution in [3.8, 4) is 0 Å². The van der Waals surface area contributed by atoms with Gasteiger partial charge in [-0.25, -0.2) is 4.98 Å². The predicted octanol–water partition coefficient (Wildman–Crippen LogP) is 3.45. The lowest BCUT2D eigenvalue weighted by Crippen LogP contribution is -2.11. The summed E-state index contributed by atoms with van der Waals surface area (Å²) in [6.07, 6.45) is 5.18. The van der Waals surface area contributed by atoms with Crippen LogP contribution in [0.5, 0.6) is 0 Å². The zero-order valence-electron chi connectivity index (χ0n) is 11.7. The third-order valence-electron chi connectivity index (χ3n) is 3.50. The average Bonchev–Trinajstić information content (AvgIpc) is 3.11. The Balaban J connectivity index is 1.86. The Morgan fingerprint density at radius 1 is 1.35 bits per heavy atom. The summed E-state index contributed by atoms with van der Waals surface area (Å²) in [6.45, 7) is 5.01. The Morgan fingerprint density at radius 2 is 2.30 bits per heavy atom. The molecule has 0 unspecified atom stereocenters. The molecule has 3 aromatic rings. The zero-order valence-corrected chi connectivity index (χ0v) is 12.5. The largest absolute Gasteiger partial charge is 0.332 e. The molecule has 20 heavy (non-hydrogen) atoms. The Hall–Kier alpha value is -1.65. The minimum absolute atomic E-state index is 0.907. The number of rotatable bonds is 6. The van der Waals surface area contributed by atoms with E-state index in [9.17, 15) is 0 Å². The fourth-order valence-electron chi connectivity index (χ4n) is 2.45. The maximum Gasteiger partial charge on any atom is 0.140 e. The highest BCUT2D eigenvalue weighted by atomic mass is 32.1. The van der Waals surface area contributed by atoms with E-state index in [1.807, 2.05) is 12.3 Å². The van der Waals surface area contributed by atoms with Gasteiger partial charge in [-0.1, -0.05) is 6.92 Å². The first kappa shape index (κ1) is 13.3. The van der Waals surface area contributed by atoms with Crippen LogP contribution in [0.4, 0.5) is 0 Å². The molecule has 0 saturated carbocycles. The van der Waals surface area contributed by atoms with Crippen LogP contribution in [0.3, 0.4) is 0 Å². The summed E-state index contributed by atoms with van der Waals surface area (Å²) < 4.78 is 2.28. The standard InChI is InChI=1S/C16H19N3S/c1-2-17-10-14-11-19(8-5-13-6-9-20-12-13)16-15(14)4-3-7-18-16/h3-4,6-7,9,11-12,17H,2,5,8,10H2,1H3. The highest BCUT2D eigenvalue weighted by Gasteiger charge is 2.08. The molecule has 0 bridgehead atoms. The van der Waals surface area contributed by atoms with Crippen LogP contribution in [0.25, 0.3) is 11.0 Å². The summed E-state index contributed by atoms with van der Waals surface area (Å²) in [5.41, 5.74) is 3.83. The fraction of sp³-hybridized carbons (Fsp3) is 0.312. The van der Waals surface area contributed by atoms with Gasteiger partial charge in [0.05, 0.1) is 0 Å². The third-order valence-corrected chi connectivity index (χ3v) is 4.24. The molecular weight excluding hydrogens is 266 g/mol. The summed E-state index contributed by atoms with van der Waals surface area (Å²) in [7, 11) is 0. The number of fused-ring (bicyclic) bond motifs is 1. The lowest BCUT2D eigenvalue weighted by Gasteiger charge is -2.03. The van der Waals surface area contributed by atoms with Crippen molar-refractivity contribution in [2.45, 2.75) is 26.4 Å². The Morgan fingerprint density at radius 3 is 3.10 bits per heavy atom. The van der Waals surface area contributed by atoms with Crippen LogP contribution in [0.2, 0.25) is 0 Å². The molecule has 0 spiro atoms. The number of nitrogens with one attached hydrogen (secondary N) is 1. The maximum absolute atomic E-state index is 4.55. The molecule has 1 N–H and O–H groups in total. The number of nitrogens with zero attached hydrogens (tertiary/aromatic N) is 2. The lowest BCUT2D eigenvalue weighted by atomic mass is 10.2. The molecular formula is C16H19N3S. The van der Waals surface area contributed by atoms with Crippen molar-refractivity contribution < 1.29 is 0 Å². The average molecular weight is 285 g/mol. The molecule has 3 rings (SSSR count). The van der Waals surface area contributed by atoms with Crippen molar-refractivity contribution in [1.29, 1.82) is 0 Å². The number of pyridine rings is 1. The predicted molar refractivity (Wildman–Crippen MR) is 85.1 cm³/mol. The van der Waals surface area contributed by atoms with Crippen molar-refractivity contribution in [3.63, 3.8) is 0 Å². The van der Waals surface area contributed by atoms with Gasteiger partial charge >= 0.3 is 0 Å². The highest BCUT2D eigenvalue weighted by Crippen LogP contribution is 2.20. The number of aromatic nitrogens is 2. The zero-order chi connectivity index (χ0) is 13.8. The van der Waals surface area contributed by atoms with E-state index in [2.05, 4.69) is 50.9 Å². The topological polar surface area (TPSA) is 29.9 Å². The first-order chi connectivity index (χ1) is 9.88. The van der Waals surface area contributed by atoms with Gasteiger partial charge in [0.15, 0.2) is 0 Å². The van der Waals surface area contributed by atoms with Gasteiger partial charge in [-0.15, -0.1) is 0 Å². The van der Waals surface area contributed by atoms with E-state index in [0.717, 1.165) is 31.7 Å². The molecule has 3 nitrogen and oxygen atoms in total. The number of hydrogen-bond donors (Lipinski definition) is 1. The summed E-state index contributed by atoms with van der Waals surface area (Å²) in [5.74, 6) is 0. The molecule has 0 amide bonds. The van der Waals surface area contributed by atoms with Crippen LogP contribution in [-0.2, 0) is 19.5 Å². The second kappa shape index (κ2) is 6.20. The van der Waals surface area contributed by atoms with Gasteiger partial charge in [0, 0.05) is 30.9 Å². The van der Waals surface area contributed by atoms with Crippen LogP contribution in [0, 0.1) is 0 Å². The molecule has 0 aliphatic rings. The van der Waals surface area contributed by atoms with Gasteiger partial charge in [0.1, 0.15) is 5.65 Å². The van der Waals surface area contributed by atoms with Crippen LogP contribution in [-0.4, -0.2) is 16.1 Å². The molecule has 104 valence electrons. The molecule has 0 aliphatic carbocycles. The van der Waals surface area contributed by atoms with Gasteiger partial charge in [-0.05, 0) is 53.1 Å². The minimum atomic E-state index is 0.907. The monoisotopic (exact) mass is 285 g/mol. The van der Waals surface area contributed by atoms with Crippen molar-refractivity contribution in [3.05, 3.63) is 52.5 Å². The second-order valence-electron chi connectivity index (χ2n) is 4.88. The first-order valence-electron chi connectivity index (χ1n) is 7.03. The molecule has 3 aromatic heterocycles. The summed E-state index contributed by atoms with van der Waals surface area (Å²) in [4.78, 5) is 4.55. The Kier molecular flexibility index (Phi) is 4.14. The van der Waals surface area contributed by atoms with E-state index in [1.165, 1.54) is 16.5 Å². The molecule has 0 atom stereocenters. The number of thiophene rings is 1. The van der Waals surface area contributed by atoms with Crippen LogP contribution >= 0.6 is 11.3 Å².